The molecule has 0 fully saturated rings. The van der Waals surface area contributed by atoms with E-state index in [1.165, 1.54) is 0 Å². The molecule has 0 radical (unpaired) electrons. The van der Waals surface area contributed by atoms with E-state index in [4.69, 9.17) is 32.9 Å². The third kappa shape index (κ3) is 5.61. The molecule has 1 amide bonds. The van der Waals surface area contributed by atoms with Crippen molar-refractivity contribution in [3.63, 3.8) is 0 Å². The number of amides is 1. The number of halogens is 2. The van der Waals surface area contributed by atoms with Gasteiger partial charge in [0.2, 0.25) is 0 Å². The summed E-state index contributed by atoms with van der Waals surface area (Å²) in [6.07, 6.45) is 1.51. The summed E-state index contributed by atoms with van der Waals surface area (Å²) < 4.78 is 8.06. The van der Waals surface area contributed by atoms with Crippen molar-refractivity contribution in [1.29, 1.82) is 0 Å². The smallest absolute Gasteiger partial charge is 0.251 e. The number of hydrogen-bond donors (Lipinski definition) is 1. The van der Waals surface area contributed by atoms with Crippen LogP contribution in [0, 0.1) is 0 Å². The van der Waals surface area contributed by atoms with Crippen molar-refractivity contribution in [2.24, 2.45) is 0 Å². The molecule has 0 saturated carbocycles. The predicted octanol–water partition coefficient (Wildman–Crippen LogP) is 5.78. The number of aryl methyl sites for hydroxylation is 1. The highest BCUT2D eigenvalue weighted by molar-refractivity contribution is 6.31. The summed E-state index contributed by atoms with van der Waals surface area (Å²) in [5.41, 5.74) is 2.59. The number of carbonyl (C=O) groups excluding carboxylic acids is 1. The van der Waals surface area contributed by atoms with Crippen LogP contribution in [0.5, 0.6) is 5.75 Å². The van der Waals surface area contributed by atoms with Crippen LogP contribution in [0.4, 0.5) is 0 Å². The Hall–Kier alpha value is -3.02. The number of aromatic nitrogens is 2. The summed E-state index contributed by atoms with van der Waals surface area (Å²) in [7, 11) is 0. The zero-order valence-electron chi connectivity index (χ0n) is 17.4. The van der Waals surface area contributed by atoms with Gasteiger partial charge in [-0.1, -0.05) is 41.4 Å². The lowest BCUT2D eigenvalue weighted by Crippen LogP contribution is -2.25. The van der Waals surface area contributed by atoms with E-state index in [0.717, 1.165) is 35.4 Å². The number of ether oxygens (including phenoxy) is 1. The van der Waals surface area contributed by atoms with Gasteiger partial charge < -0.3 is 14.6 Å². The van der Waals surface area contributed by atoms with E-state index in [-0.39, 0.29) is 5.91 Å². The highest BCUT2D eigenvalue weighted by Gasteiger charge is 2.11. The van der Waals surface area contributed by atoms with Crippen molar-refractivity contribution in [2.45, 2.75) is 19.4 Å². The maximum Gasteiger partial charge on any atom is 0.251 e. The van der Waals surface area contributed by atoms with Crippen LogP contribution in [0.3, 0.4) is 0 Å². The second-order valence-corrected chi connectivity index (χ2v) is 8.21. The first-order valence-corrected chi connectivity index (χ1v) is 11.2. The molecule has 164 valence electrons. The first kappa shape index (κ1) is 22.2. The van der Waals surface area contributed by atoms with Crippen LogP contribution in [-0.4, -0.2) is 28.6 Å². The van der Waals surface area contributed by atoms with Crippen LogP contribution in [-0.2, 0) is 13.0 Å². The Morgan fingerprint density at radius 1 is 0.969 bits per heavy atom. The zero-order valence-corrected chi connectivity index (χ0v) is 18.9. The number of hydrogen-bond acceptors (Lipinski definition) is 3. The van der Waals surface area contributed by atoms with Gasteiger partial charge in [-0.05, 0) is 61.0 Å². The van der Waals surface area contributed by atoms with Crippen molar-refractivity contribution in [3.05, 3.63) is 94.2 Å². The lowest BCUT2D eigenvalue weighted by atomic mass is 10.2. The van der Waals surface area contributed by atoms with Gasteiger partial charge in [0.25, 0.3) is 5.91 Å². The molecule has 3 aromatic carbocycles. The molecular weight excluding hydrogens is 445 g/mol. The lowest BCUT2D eigenvalue weighted by molar-refractivity contribution is 0.0953. The van der Waals surface area contributed by atoms with Crippen LogP contribution >= 0.6 is 23.2 Å². The fourth-order valence-corrected chi connectivity index (χ4v) is 3.85. The largest absolute Gasteiger partial charge is 0.492 e. The standard InChI is InChI=1S/C25H23Cl2N3O2/c26-19-10-12-21(13-11-19)32-16-15-30-23-8-2-1-7-22(23)29-24(30)9-4-14-28-25(31)18-5-3-6-20(27)17-18/h1-3,5-8,10-13,17H,4,9,14-16H2,(H,28,31). The third-order valence-corrected chi connectivity index (χ3v) is 5.57. The van der Waals surface area contributed by atoms with Gasteiger partial charge in [-0.2, -0.15) is 0 Å². The summed E-state index contributed by atoms with van der Waals surface area (Å²) in [5, 5.41) is 4.18. The van der Waals surface area contributed by atoms with Crippen molar-refractivity contribution < 1.29 is 9.53 Å². The van der Waals surface area contributed by atoms with Crippen LogP contribution in [0.25, 0.3) is 11.0 Å². The van der Waals surface area contributed by atoms with E-state index in [1.54, 1.807) is 24.3 Å². The van der Waals surface area contributed by atoms with Crippen molar-refractivity contribution in [3.8, 4) is 5.75 Å². The first-order chi connectivity index (χ1) is 15.6. The second kappa shape index (κ2) is 10.5. The molecule has 0 unspecified atom stereocenters. The van der Waals surface area contributed by atoms with E-state index in [0.29, 0.717) is 35.3 Å². The molecule has 1 aromatic heterocycles. The summed E-state index contributed by atoms with van der Waals surface area (Å²) >= 11 is 11.9. The van der Waals surface area contributed by atoms with Crippen LogP contribution in [0.15, 0.2) is 72.8 Å². The van der Waals surface area contributed by atoms with Crippen LogP contribution in [0.2, 0.25) is 10.0 Å². The fourth-order valence-electron chi connectivity index (χ4n) is 3.53. The maximum atomic E-state index is 12.3. The molecule has 1 N–H and O–H groups in total. The molecule has 0 bridgehead atoms. The van der Waals surface area contributed by atoms with Gasteiger partial charge in [0.05, 0.1) is 17.6 Å². The molecule has 32 heavy (non-hydrogen) atoms. The van der Waals surface area contributed by atoms with Gasteiger partial charge in [0.15, 0.2) is 0 Å². The number of carbonyl (C=O) groups is 1. The molecule has 7 heteroatoms. The first-order valence-electron chi connectivity index (χ1n) is 10.5. The summed E-state index contributed by atoms with van der Waals surface area (Å²) in [4.78, 5) is 17.1. The molecule has 4 rings (SSSR count). The molecule has 0 aliphatic heterocycles. The predicted molar refractivity (Wildman–Crippen MR) is 129 cm³/mol. The molecule has 0 aliphatic carbocycles. The minimum atomic E-state index is -0.127. The lowest BCUT2D eigenvalue weighted by Gasteiger charge is -2.11. The Morgan fingerprint density at radius 2 is 1.78 bits per heavy atom. The Bertz CT molecular complexity index is 1210. The zero-order chi connectivity index (χ0) is 22.3. The van der Waals surface area contributed by atoms with Crippen LogP contribution in [0.1, 0.15) is 22.6 Å². The van der Waals surface area contributed by atoms with E-state index in [9.17, 15) is 4.79 Å². The Balaban J connectivity index is 1.36. The van der Waals surface area contributed by atoms with Gasteiger partial charge in [-0.3, -0.25) is 4.79 Å². The molecule has 1 heterocycles. The Morgan fingerprint density at radius 3 is 2.59 bits per heavy atom. The topological polar surface area (TPSA) is 56.2 Å². The number of benzene rings is 3. The van der Waals surface area contributed by atoms with Gasteiger partial charge in [0, 0.05) is 28.6 Å². The monoisotopic (exact) mass is 467 g/mol. The molecule has 4 aromatic rings. The molecular formula is C25H23Cl2N3O2. The van der Waals surface area contributed by atoms with Crippen molar-refractivity contribution >= 4 is 40.1 Å². The SMILES string of the molecule is O=C(NCCCc1nc2ccccc2n1CCOc1ccc(Cl)cc1)c1cccc(Cl)c1. The van der Waals surface area contributed by atoms with Crippen molar-refractivity contribution in [2.75, 3.05) is 13.2 Å². The number of para-hydroxylation sites is 2. The Kier molecular flexibility index (Phi) is 7.30. The maximum absolute atomic E-state index is 12.3. The minimum absolute atomic E-state index is 0.127. The molecule has 0 atom stereocenters. The highest BCUT2D eigenvalue weighted by atomic mass is 35.5. The second-order valence-electron chi connectivity index (χ2n) is 7.34. The van der Waals surface area contributed by atoms with E-state index < -0.39 is 0 Å². The average Bonchev–Trinajstić information content (AvgIpc) is 3.15. The van der Waals surface area contributed by atoms with E-state index >= 15 is 0 Å². The summed E-state index contributed by atoms with van der Waals surface area (Å²) in [5.74, 6) is 1.63. The summed E-state index contributed by atoms with van der Waals surface area (Å²) in [6.45, 7) is 1.74. The number of fused-ring (bicyclic) bond motifs is 1. The van der Waals surface area contributed by atoms with Gasteiger partial charge in [-0.25, -0.2) is 4.98 Å². The van der Waals surface area contributed by atoms with Gasteiger partial charge in [-0.15, -0.1) is 0 Å². The van der Waals surface area contributed by atoms with Crippen LogP contribution < -0.4 is 10.1 Å². The molecule has 0 spiro atoms. The average molecular weight is 468 g/mol. The third-order valence-electron chi connectivity index (χ3n) is 5.08. The highest BCUT2D eigenvalue weighted by Crippen LogP contribution is 2.19. The molecule has 5 nitrogen and oxygen atoms in total. The Labute approximate surface area is 196 Å². The van der Waals surface area contributed by atoms with Gasteiger partial charge in [0.1, 0.15) is 18.2 Å². The fraction of sp³-hybridized carbons (Fsp3) is 0.200. The number of nitrogens with zero attached hydrogens (tertiary/aromatic N) is 2. The normalized spacial score (nSPS) is 10.9. The number of rotatable bonds is 9. The quantitative estimate of drug-likeness (QED) is 0.317. The van der Waals surface area contributed by atoms with E-state index in [2.05, 4.69) is 16.0 Å². The number of imidazole rings is 1. The molecule has 0 aliphatic rings. The summed E-state index contributed by atoms with van der Waals surface area (Å²) in [6, 6.07) is 22.3. The minimum Gasteiger partial charge on any atom is -0.492 e. The van der Waals surface area contributed by atoms with E-state index in [1.807, 2.05) is 42.5 Å². The van der Waals surface area contributed by atoms with Crippen molar-refractivity contribution in [1.82, 2.24) is 14.9 Å². The van der Waals surface area contributed by atoms with Gasteiger partial charge >= 0.3 is 0 Å². The molecule has 0 saturated heterocycles. The number of nitrogens with one attached hydrogen (secondary N) is 1.